The molecule has 39 heavy (non-hydrogen) atoms. The fourth-order valence-corrected chi connectivity index (χ4v) is 4.24. The molecule has 0 spiro atoms. The Morgan fingerprint density at radius 3 is 1.72 bits per heavy atom. The van der Waals surface area contributed by atoms with Gasteiger partial charge < -0.3 is 19.7 Å². The van der Waals surface area contributed by atoms with Gasteiger partial charge in [0.25, 0.3) is 0 Å². The summed E-state index contributed by atoms with van der Waals surface area (Å²) in [4.78, 5) is 33.5. The Hall–Kier alpha value is -2.71. The molecule has 8 nitrogen and oxygen atoms in total. The lowest BCUT2D eigenvalue weighted by Gasteiger charge is -2.28. The molecule has 0 radical (unpaired) electrons. The molecule has 2 aromatic rings. The first-order valence-electron chi connectivity index (χ1n) is 13.3. The van der Waals surface area contributed by atoms with Gasteiger partial charge in [0, 0.05) is 13.1 Å². The molecule has 9 heteroatoms. The number of ether oxygens (including phenoxy) is 2. The largest absolute Gasteiger partial charge is 0.461 e. The van der Waals surface area contributed by atoms with E-state index in [1.807, 2.05) is 19.9 Å². The molecule has 4 rings (SSSR count). The number of hydrogen-bond donors (Lipinski definition) is 1. The van der Waals surface area contributed by atoms with E-state index in [4.69, 9.17) is 21.1 Å². The van der Waals surface area contributed by atoms with E-state index in [1.165, 1.54) is 51.6 Å². The second-order valence-corrected chi connectivity index (χ2v) is 9.43. The van der Waals surface area contributed by atoms with E-state index in [0.29, 0.717) is 24.1 Å². The van der Waals surface area contributed by atoms with Gasteiger partial charge >= 0.3 is 11.9 Å². The van der Waals surface area contributed by atoms with Crippen molar-refractivity contribution in [3.63, 3.8) is 0 Å². The van der Waals surface area contributed by atoms with Gasteiger partial charge in [-0.25, -0.2) is 19.6 Å². The number of carbonyl (C=O) groups excluding carboxylic acids is 2. The number of carbonyl (C=O) groups is 2. The van der Waals surface area contributed by atoms with E-state index < -0.39 is 5.97 Å². The molecule has 1 N–H and O–H groups in total. The van der Waals surface area contributed by atoms with Crippen LogP contribution in [0.15, 0.2) is 24.3 Å². The van der Waals surface area contributed by atoms with Gasteiger partial charge in [-0.3, -0.25) is 0 Å². The summed E-state index contributed by atoms with van der Waals surface area (Å²) in [5.41, 5.74) is 2.61. The molecule has 0 atom stereocenters. The van der Waals surface area contributed by atoms with Crippen LogP contribution in [0.1, 0.15) is 99.3 Å². The monoisotopic (exact) mass is 564 g/mol. The van der Waals surface area contributed by atoms with Crippen LogP contribution in [0, 0.1) is 13.8 Å². The number of esters is 2. The zero-order valence-electron chi connectivity index (χ0n) is 22.6. The Morgan fingerprint density at radius 1 is 0.795 bits per heavy atom. The summed E-state index contributed by atoms with van der Waals surface area (Å²) in [5.74, 6) is 0.130. The van der Waals surface area contributed by atoms with E-state index in [0.717, 1.165) is 30.0 Å². The smallest absolute Gasteiger partial charge is 0.357 e. The molecule has 0 amide bonds. The van der Waals surface area contributed by atoms with E-state index in [1.54, 1.807) is 32.0 Å². The number of aryl methyl sites for hydroxylation is 2. The van der Waals surface area contributed by atoms with Crippen molar-refractivity contribution < 1.29 is 19.1 Å². The standard InChI is InChI=1S/C14H20N2O2.C9H10ClNO2.C5H11N.2CH4/c1-3-18-14(17)12-9-11(2)10-13(15-12)16-7-5-4-6-8-16;1-3-13-9(12)7-4-6(2)5-8(10)11-7;1-2-4-6-5-3-1;;/h9-10H,3-8H2,1-2H3;4-5H,3H2,1-2H3;6H,1-5H2;2*1H4. The lowest BCUT2D eigenvalue weighted by atomic mass is 10.1. The van der Waals surface area contributed by atoms with Gasteiger partial charge in [-0.05, 0) is 108 Å². The minimum atomic E-state index is -0.437. The third kappa shape index (κ3) is 13.8. The van der Waals surface area contributed by atoms with Crippen molar-refractivity contribution in [1.29, 1.82) is 0 Å². The van der Waals surface area contributed by atoms with E-state index >= 15 is 0 Å². The van der Waals surface area contributed by atoms with Crippen LogP contribution in [0.2, 0.25) is 5.15 Å². The Kier molecular flexibility index (Phi) is 18.8. The number of aromatic nitrogens is 2. The number of nitrogens with one attached hydrogen (secondary N) is 1. The first-order valence-corrected chi connectivity index (χ1v) is 13.6. The van der Waals surface area contributed by atoms with E-state index in [-0.39, 0.29) is 26.5 Å². The van der Waals surface area contributed by atoms with Gasteiger partial charge in [-0.1, -0.05) is 32.9 Å². The SMILES string of the molecule is C.C.C1CCNCC1.CCOC(=O)c1cc(C)cc(Cl)n1.CCOC(=O)c1cc(C)cc(N2CCCCC2)n1. The lowest BCUT2D eigenvalue weighted by molar-refractivity contribution is 0.0510. The maximum Gasteiger partial charge on any atom is 0.357 e. The molecule has 0 aromatic carbocycles. The summed E-state index contributed by atoms with van der Waals surface area (Å²) < 4.78 is 9.78. The molecule has 2 aromatic heterocycles. The number of nitrogens with zero attached hydrogens (tertiary/aromatic N) is 3. The van der Waals surface area contributed by atoms with Crippen LogP contribution < -0.4 is 10.2 Å². The summed E-state index contributed by atoms with van der Waals surface area (Å²) in [6.45, 7) is 12.7. The Bertz CT molecular complexity index is 961. The highest BCUT2D eigenvalue weighted by molar-refractivity contribution is 6.29. The molecule has 4 heterocycles. The fourth-order valence-electron chi connectivity index (χ4n) is 3.98. The molecular weight excluding hydrogens is 516 g/mol. The van der Waals surface area contributed by atoms with Crippen LogP contribution in [-0.4, -0.2) is 61.3 Å². The average Bonchev–Trinajstić information content (AvgIpc) is 2.90. The molecule has 2 aliphatic rings. The highest BCUT2D eigenvalue weighted by atomic mass is 35.5. The number of pyridine rings is 2. The van der Waals surface area contributed by atoms with Gasteiger partial charge in [0.1, 0.15) is 16.7 Å². The lowest BCUT2D eigenvalue weighted by Crippen LogP contribution is -2.30. The van der Waals surface area contributed by atoms with E-state index in [9.17, 15) is 9.59 Å². The highest BCUT2D eigenvalue weighted by Gasteiger charge is 2.16. The maximum atomic E-state index is 11.7. The molecule has 0 bridgehead atoms. The van der Waals surface area contributed by atoms with Gasteiger partial charge in [0.2, 0.25) is 0 Å². The summed E-state index contributed by atoms with van der Waals surface area (Å²) in [6.07, 6.45) is 7.90. The molecule has 2 fully saturated rings. The Labute approximate surface area is 240 Å². The van der Waals surface area contributed by atoms with Crippen LogP contribution in [0.25, 0.3) is 0 Å². The molecule has 220 valence electrons. The molecule has 0 unspecified atom stereocenters. The summed E-state index contributed by atoms with van der Waals surface area (Å²) in [6, 6.07) is 7.15. The Morgan fingerprint density at radius 2 is 1.28 bits per heavy atom. The van der Waals surface area contributed by atoms with Crippen molar-refractivity contribution in [2.24, 2.45) is 0 Å². The second kappa shape index (κ2) is 20.2. The van der Waals surface area contributed by atoms with Gasteiger partial charge in [-0.15, -0.1) is 0 Å². The summed E-state index contributed by atoms with van der Waals surface area (Å²) in [5, 5.41) is 3.59. The van der Waals surface area contributed by atoms with Crippen molar-refractivity contribution in [2.45, 2.75) is 81.1 Å². The van der Waals surface area contributed by atoms with Gasteiger partial charge in [-0.2, -0.15) is 0 Å². The number of halogens is 1. The molecule has 2 aliphatic heterocycles. The fraction of sp³-hybridized carbons (Fsp3) is 0.600. The van der Waals surface area contributed by atoms with Gasteiger partial charge in [0.05, 0.1) is 13.2 Å². The predicted molar refractivity (Wildman–Crippen MR) is 161 cm³/mol. The number of hydrogen-bond acceptors (Lipinski definition) is 8. The second-order valence-electron chi connectivity index (χ2n) is 9.04. The highest BCUT2D eigenvalue weighted by Crippen LogP contribution is 2.20. The van der Waals surface area contributed by atoms with E-state index in [2.05, 4.69) is 20.2 Å². The van der Waals surface area contributed by atoms with Crippen molar-refractivity contribution >= 4 is 29.4 Å². The van der Waals surface area contributed by atoms with Crippen molar-refractivity contribution in [3.8, 4) is 0 Å². The molecule has 2 saturated heterocycles. The average molecular weight is 565 g/mol. The maximum absolute atomic E-state index is 11.7. The summed E-state index contributed by atoms with van der Waals surface area (Å²) >= 11 is 5.68. The minimum absolute atomic E-state index is 0. The van der Waals surface area contributed by atoms with Crippen molar-refractivity contribution in [3.05, 3.63) is 51.9 Å². The number of piperidine rings is 2. The number of rotatable bonds is 5. The summed E-state index contributed by atoms with van der Waals surface area (Å²) in [7, 11) is 0. The topological polar surface area (TPSA) is 93.7 Å². The van der Waals surface area contributed by atoms with Crippen LogP contribution in [0.3, 0.4) is 0 Å². The van der Waals surface area contributed by atoms with Gasteiger partial charge in [0.15, 0.2) is 5.69 Å². The van der Waals surface area contributed by atoms with Crippen molar-refractivity contribution in [1.82, 2.24) is 15.3 Å². The first-order chi connectivity index (χ1) is 17.8. The van der Waals surface area contributed by atoms with Crippen LogP contribution >= 0.6 is 11.6 Å². The first kappa shape index (κ1) is 36.3. The predicted octanol–water partition coefficient (Wildman–Crippen LogP) is 6.81. The molecule has 0 aliphatic carbocycles. The molecular formula is C30H49ClN4O4. The molecule has 0 saturated carbocycles. The number of anilines is 1. The van der Waals surface area contributed by atoms with Crippen LogP contribution in [0.5, 0.6) is 0 Å². The van der Waals surface area contributed by atoms with Crippen molar-refractivity contribution in [2.75, 3.05) is 44.3 Å². The third-order valence-corrected chi connectivity index (χ3v) is 5.94. The zero-order chi connectivity index (χ0) is 27.0. The minimum Gasteiger partial charge on any atom is -0.461 e. The normalized spacial score (nSPS) is 14.1. The van der Waals surface area contributed by atoms with Crippen LogP contribution in [0.4, 0.5) is 5.82 Å². The van der Waals surface area contributed by atoms with Crippen LogP contribution in [-0.2, 0) is 9.47 Å². The zero-order valence-corrected chi connectivity index (χ0v) is 23.4. The quantitative estimate of drug-likeness (QED) is 0.312. The third-order valence-electron chi connectivity index (χ3n) is 5.75. The Balaban J connectivity index is 0.000000603.